The molecule has 2 aromatic rings. The van der Waals surface area contributed by atoms with Crippen molar-refractivity contribution in [3.8, 4) is 5.75 Å². The predicted molar refractivity (Wildman–Crippen MR) is 99.5 cm³/mol. The molecule has 5 nitrogen and oxygen atoms in total. The van der Waals surface area contributed by atoms with Crippen LogP contribution in [0.25, 0.3) is 0 Å². The average molecular weight is 350 g/mol. The van der Waals surface area contributed by atoms with Crippen LogP contribution in [0.4, 0.5) is 5.69 Å². The lowest BCUT2D eigenvalue weighted by Crippen LogP contribution is -2.53. The summed E-state index contributed by atoms with van der Waals surface area (Å²) in [6, 6.07) is 12.8. The van der Waals surface area contributed by atoms with Crippen LogP contribution in [0, 0.1) is 6.92 Å². The molecule has 134 valence electrons. The van der Waals surface area contributed by atoms with Gasteiger partial charge in [-0.1, -0.05) is 24.3 Å². The number of rotatable bonds is 1. The van der Waals surface area contributed by atoms with E-state index in [2.05, 4.69) is 0 Å². The molecule has 0 saturated carbocycles. The number of fused-ring (bicyclic) bond motifs is 2. The van der Waals surface area contributed by atoms with Crippen molar-refractivity contribution in [2.24, 2.45) is 0 Å². The van der Waals surface area contributed by atoms with Crippen molar-refractivity contribution in [2.75, 3.05) is 25.0 Å². The van der Waals surface area contributed by atoms with Gasteiger partial charge in [-0.05, 0) is 43.5 Å². The molecule has 26 heavy (non-hydrogen) atoms. The zero-order chi connectivity index (χ0) is 18.5. The minimum atomic E-state index is -0.663. The number of likely N-dealkylation sites (N-methyl/N-ethyl adjacent to an activating group) is 1. The normalized spacial score (nSPS) is 22.0. The second-order valence-electron chi connectivity index (χ2n) is 7.24. The molecule has 1 spiro atoms. The van der Waals surface area contributed by atoms with Gasteiger partial charge in [0.2, 0.25) is 5.91 Å². The maximum absolute atomic E-state index is 13.1. The van der Waals surface area contributed by atoms with E-state index in [1.54, 1.807) is 42.0 Å². The van der Waals surface area contributed by atoms with Crippen LogP contribution in [0.2, 0.25) is 0 Å². The lowest BCUT2D eigenvalue weighted by Gasteiger charge is -2.39. The standard InChI is InChI=1S/C21H22N2O3/c1-14-15(7-5-10-18(14)24)19(25)23-12-6-11-21(13-23)16-8-3-4-9-17(16)22(2)20(21)26/h3-5,7-10,24H,6,11-13H2,1-2H3. The van der Waals surface area contributed by atoms with Crippen LogP contribution >= 0.6 is 0 Å². The van der Waals surface area contributed by atoms with Crippen molar-refractivity contribution in [1.29, 1.82) is 0 Å². The molecule has 0 radical (unpaired) electrons. The van der Waals surface area contributed by atoms with Crippen molar-refractivity contribution in [3.05, 3.63) is 59.2 Å². The zero-order valence-corrected chi connectivity index (χ0v) is 15.0. The maximum atomic E-state index is 13.1. The van der Waals surface area contributed by atoms with Gasteiger partial charge in [0.25, 0.3) is 5.91 Å². The number of carbonyl (C=O) groups excluding carboxylic acids is 2. The Balaban J connectivity index is 1.72. The average Bonchev–Trinajstić information content (AvgIpc) is 2.86. The number of amides is 2. The van der Waals surface area contributed by atoms with Crippen molar-refractivity contribution in [2.45, 2.75) is 25.2 Å². The summed E-state index contributed by atoms with van der Waals surface area (Å²) >= 11 is 0. The van der Waals surface area contributed by atoms with Crippen LogP contribution in [-0.4, -0.2) is 42.0 Å². The van der Waals surface area contributed by atoms with Crippen LogP contribution in [-0.2, 0) is 10.2 Å². The number of hydrogen-bond acceptors (Lipinski definition) is 3. The first kappa shape index (κ1) is 16.6. The summed E-state index contributed by atoms with van der Waals surface area (Å²) in [7, 11) is 1.80. The van der Waals surface area contributed by atoms with Crippen LogP contribution in [0.15, 0.2) is 42.5 Å². The highest BCUT2D eigenvalue weighted by Crippen LogP contribution is 2.46. The quantitative estimate of drug-likeness (QED) is 0.860. The van der Waals surface area contributed by atoms with E-state index in [9.17, 15) is 14.7 Å². The number of para-hydroxylation sites is 1. The number of piperidine rings is 1. The van der Waals surface area contributed by atoms with E-state index in [-0.39, 0.29) is 17.6 Å². The van der Waals surface area contributed by atoms with Crippen molar-refractivity contribution >= 4 is 17.5 Å². The SMILES string of the molecule is Cc1c(O)cccc1C(=O)N1CCCC2(C1)C(=O)N(C)c1ccccc12. The van der Waals surface area contributed by atoms with Gasteiger partial charge in [0.15, 0.2) is 0 Å². The zero-order valence-electron chi connectivity index (χ0n) is 15.0. The molecular weight excluding hydrogens is 328 g/mol. The molecule has 0 aliphatic carbocycles. The molecule has 2 aromatic carbocycles. The summed E-state index contributed by atoms with van der Waals surface area (Å²) in [6.45, 7) is 2.74. The van der Waals surface area contributed by atoms with Crippen LogP contribution in [0.5, 0.6) is 5.75 Å². The van der Waals surface area contributed by atoms with Gasteiger partial charge in [0.1, 0.15) is 5.75 Å². The third kappa shape index (κ3) is 2.23. The number of hydrogen-bond donors (Lipinski definition) is 1. The molecular formula is C21H22N2O3. The predicted octanol–water partition coefficient (Wildman–Crippen LogP) is 2.85. The fourth-order valence-electron chi connectivity index (χ4n) is 4.37. The Labute approximate surface area is 152 Å². The number of phenolic OH excluding ortho intramolecular Hbond substituents is 1. The molecule has 1 atom stereocenters. The molecule has 1 unspecified atom stereocenters. The first-order valence-corrected chi connectivity index (χ1v) is 8.91. The molecule has 1 saturated heterocycles. The summed E-state index contributed by atoms with van der Waals surface area (Å²) in [5.74, 6) is 0.0470. The van der Waals surface area contributed by atoms with E-state index >= 15 is 0 Å². The molecule has 2 heterocycles. The Morgan fingerprint density at radius 2 is 1.92 bits per heavy atom. The fourth-order valence-corrected chi connectivity index (χ4v) is 4.37. The minimum absolute atomic E-state index is 0.0591. The van der Waals surface area contributed by atoms with Gasteiger partial charge in [-0.25, -0.2) is 0 Å². The Bertz CT molecular complexity index is 908. The Kier molecular flexibility index (Phi) is 3.75. The Hall–Kier alpha value is -2.82. The molecule has 2 amide bonds. The van der Waals surface area contributed by atoms with Gasteiger partial charge in [-0.15, -0.1) is 0 Å². The van der Waals surface area contributed by atoms with E-state index in [0.717, 1.165) is 24.1 Å². The fraction of sp³-hybridized carbons (Fsp3) is 0.333. The Morgan fingerprint density at radius 1 is 1.15 bits per heavy atom. The molecule has 2 aliphatic rings. The van der Waals surface area contributed by atoms with E-state index in [1.165, 1.54) is 0 Å². The second kappa shape index (κ2) is 5.87. The lowest BCUT2D eigenvalue weighted by molar-refractivity contribution is -0.124. The number of nitrogens with zero attached hydrogens (tertiary/aromatic N) is 2. The van der Waals surface area contributed by atoms with E-state index < -0.39 is 5.41 Å². The van der Waals surface area contributed by atoms with E-state index in [0.29, 0.717) is 24.2 Å². The third-order valence-electron chi connectivity index (χ3n) is 5.81. The van der Waals surface area contributed by atoms with Gasteiger partial charge in [-0.3, -0.25) is 9.59 Å². The number of phenols is 1. The smallest absolute Gasteiger partial charge is 0.254 e. The largest absolute Gasteiger partial charge is 0.508 e. The topological polar surface area (TPSA) is 60.9 Å². The van der Waals surface area contributed by atoms with E-state index in [4.69, 9.17) is 0 Å². The van der Waals surface area contributed by atoms with Crippen molar-refractivity contribution < 1.29 is 14.7 Å². The first-order valence-electron chi connectivity index (χ1n) is 8.91. The number of benzene rings is 2. The van der Waals surface area contributed by atoms with Gasteiger partial charge in [-0.2, -0.15) is 0 Å². The van der Waals surface area contributed by atoms with Crippen molar-refractivity contribution in [1.82, 2.24) is 4.90 Å². The molecule has 1 N–H and O–H groups in total. The van der Waals surface area contributed by atoms with Crippen LogP contribution in [0.3, 0.4) is 0 Å². The van der Waals surface area contributed by atoms with Crippen LogP contribution < -0.4 is 4.90 Å². The lowest BCUT2D eigenvalue weighted by atomic mass is 9.75. The second-order valence-corrected chi connectivity index (χ2v) is 7.24. The third-order valence-corrected chi connectivity index (χ3v) is 5.81. The number of aromatic hydroxyl groups is 1. The number of likely N-dealkylation sites (tertiary alicyclic amines) is 1. The van der Waals surface area contributed by atoms with Gasteiger partial charge >= 0.3 is 0 Å². The molecule has 5 heteroatoms. The van der Waals surface area contributed by atoms with Crippen LogP contribution in [0.1, 0.15) is 34.3 Å². The number of carbonyl (C=O) groups is 2. The summed E-state index contributed by atoms with van der Waals surface area (Å²) < 4.78 is 0. The summed E-state index contributed by atoms with van der Waals surface area (Å²) in [6.07, 6.45) is 1.52. The molecule has 4 rings (SSSR count). The monoisotopic (exact) mass is 350 g/mol. The van der Waals surface area contributed by atoms with Crippen molar-refractivity contribution in [3.63, 3.8) is 0 Å². The molecule has 0 bridgehead atoms. The summed E-state index contributed by atoms with van der Waals surface area (Å²) in [5, 5.41) is 9.93. The highest BCUT2D eigenvalue weighted by Gasteiger charge is 2.52. The van der Waals surface area contributed by atoms with Gasteiger partial charge < -0.3 is 14.9 Å². The highest BCUT2D eigenvalue weighted by atomic mass is 16.3. The van der Waals surface area contributed by atoms with Gasteiger partial charge in [0, 0.05) is 37.0 Å². The summed E-state index contributed by atoms with van der Waals surface area (Å²) in [5.41, 5.74) is 2.35. The van der Waals surface area contributed by atoms with Gasteiger partial charge in [0.05, 0.1) is 5.41 Å². The highest BCUT2D eigenvalue weighted by molar-refractivity contribution is 6.08. The minimum Gasteiger partial charge on any atom is -0.508 e. The maximum Gasteiger partial charge on any atom is 0.254 e. The first-order chi connectivity index (χ1) is 12.5. The summed E-state index contributed by atoms with van der Waals surface area (Å²) in [4.78, 5) is 29.7. The molecule has 1 fully saturated rings. The number of anilines is 1. The molecule has 0 aromatic heterocycles. The molecule has 2 aliphatic heterocycles. The Morgan fingerprint density at radius 3 is 2.73 bits per heavy atom. The van der Waals surface area contributed by atoms with E-state index in [1.807, 2.05) is 24.3 Å².